The lowest BCUT2D eigenvalue weighted by Crippen LogP contribution is -2.52. The van der Waals surface area contributed by atoms with Gasteiger partial charge >= 0.3 is 6.18 Å². The zero-order valence-electron chi connectivity index (χ0n) is 17.3. The van der Waals surface area contributed by atoms with Gasteiger partial charge in [-0.15, -0.1) is 5.10 Å². The molecule has 30 heavy (non-hydrogen) atoms. The van der Waals surface area contributed by atoms with Gasteiger partial charge in [0.1, 0.15) is 5.69 Å². The number of rotatable bonds is 15. The van der Waals surface area contributed by atoms with Crippen molar-refractivity contribution in [2.24, 2.45) is 0 Å². The molecule has 1 fully saturated rings. The molecule has 1 unspecified atom stereocenters. The number of likely N-dealkylation sites (tertiary alicyclic amines) is 1. The van der Waals surface area contributed by atoms with Crippen molar-refractivity contribution in [1.29, 1.82) is 0 Å². The van der Waals surface area contributed by atoms with Gasteiger partial charge in [0.2, 0.25) is 0 Å². The molecule has 0 spiro atoms. The molecule has 0 radical (unpaired) electrons. The summed E-state index contributed by atoms with van der Waals surface area (Å²) >= 11 is 0. The second-order valence-corrected chi connectivity index (χ2v) is 8.52. The molecule has 0 amide bonds. The van der Waals surface area contributed by atoms with Gasteiger partial charge in [-0.3, -0.25) is 9.11 Å². The molecular weight excluding hydrogens is 427 g/mol. The van der Waals surface area contributed by atoms with E-state index in [1.54, 1.807) is 11.2 Å². The maximum Gasteiger partial charge on any atom is 0.434 e. The summed E-state index contributed by atoms with van der Waals surface area (Å²) in [5.41, 5.74) is -0.980. The summed E-state index contributed by atoms with van der Waals surface area (Å²) in [5.74, 6) is 0. The highest BCUT2D eigenvalue weighted by Gasteiger charge is 2.40. The van der Waals surface area contributed by atoms with Gasteiger partial charge < -0.3 is 19.5 Å². The minimum absolute atomic E-state index is 0.00455. The van der Waals surface area contributed by atoms with Crippen molar-refractivity contribution in [3.05, 3.63) is 11.4 Å². The van der Waals surface area contributed by atoms with Crippen LogP contribution in [-0.4, -0.2) is 102 Å². The van der Waals surface area contributed by atoms with E-state index in [0.717, 1.165) is 11.2 Å². The van der Waals surface area contributed by atoms with Crippen molar-refractivity contribution in [2.75, 3.05) is 72.6 Å². The molecule has 1 aromatic rings. The van der Waals surface area contributed by atoms with Crippen LogP contribution in [0, 0.1) is 0 Å². The lowest BCUT2D eigenvalue weighted by atomic mass is 10.2. The smallest absolute Gasteiger partial charge is 0.378 e. The van der Waals surface area contributed by atoms with E-state index in [4.69, 9.17) is 14.2 Å². The van der Waals surface area contributed by atoms with Crippen LogP contribution in [0.2, 0.25) is 0 Å². The van der Waals surface area contributed by atoms with Crippen LogP contribution in [0.1, 0.15) is 11.4 Å². The first-order valence-corrected chi connectivity index (χ1v) is 11.4. The monoisotopic (exact) mass is 457 g/mol. The Hall–Kier alpha value is -1.12. The Morgan fingerprint density at radius 1 is 1.10 bits per heavy atom. The van der Waals surface area contributed by atoms with E-state index in [-0.39, 0.29) is 37.2 Å². The largest absolute Gasteiger partial charge is 0.434 e. The van der Waals surface area contributed by atoms with Crippen molar-refractivity contribution >= 4 is 10.8 Å². The van der Waals surface area contributed by atoms with E-state index < -0.39 is 22.7 Å². The number of hydrogen-bond acceptors (Lipinski definition) is 8. The van der Waals surface area contributed by atoms with Crippen molar-refractivity contribution < 1.29 is 31.6 Å². The third-order valence-corrected chi connectivity index (χ3v) is 5.76. The molecule has 2 heterocycles. The molecule has 174 valence electrons. The zero-order chi connectivity index (χ0) is 22.0. The van der Waals surface area contributed by atoms with Gasteiger partial charge in [0.05, 0.1) is 51.4 Å². The van der Waals surface area contributed by atoms with E-state index in [1.165, 1.54) is 0 Å². The average Bonchev–Trinajstić information content (AvgIpc) is 3.05. The predicted molar refractivity (Wildman–Crippen MR) is 105 cm³/mol. The molecule has 2 rings (SSSR count). The molecule has 9 nitrogen and oxygen atoms in total. The third-order valence-electron chi connectivity index (χ3n) is 4.53. The minimum Gasteiger partial charge on any atom is -0.378 e. The Labute approximate surface area is 176 Å². The number of halogens is 3. The second-order valence-electron chi connectivity index (χ2n) is 6.86. The van der Waals surface area contributed by atoms with Crippen LogP contribution in [0.4, 0.5) is 13.2 Å². The van der Waals surface area contributed by atoms with E-state index in [1.807, 2.05) is 7.05 Å². The van der Waals surface area contributed by atoms with Crippen LogP contribution in [-0.2, 0) is 44.3 Å². The van der Waals surface area contributed by atoms with Crippen LogP contribution in [0.15, 0.2) is 0 Å². The lowest BCUT2D eigenvalue weighted by molar-refractivity contribution is -0.145. The van der Waals surface area contributed by atoms with Crippen molar-refractivity contribution in [2.45, 2.75) is 24.5 Å². The standard InChI is InChI=1S/C17H30F3N5O4S/c1-21-3-5-27-7-9-29-10-8-28-6-4-25-16(17(18,19)20)15(22-23-25)13-24-11-14(12-24)30(2)26/h14,21H,3-13H2,1-2H3. The van der Waals surface area contributed by atoms with Crippen LogP contribution in [0.25, 0.3) is 0 Å². The topological polar surface area (TPSA) is 90.7 Å². The molecule has 0 aliphatic carbocycles. The summed E-state index contributed by atoms with van der Waals surface area (Å²) in [4.78, 5) is 1.78. The lowest BCUT2D eigenvalue weighted by Gasteiger charge is -2.37. The summed E-state index contributed by atoms with van der Waals surface area (Å²) < 4.78 is 68.7. The molecule has 0 bridgehead atoms. The maximum atomic E-state index is 13.5. The third kappa shape index (κ3) is 8.19. The molecular formula is C17H30F3N5O4S. The number of ether oxygens (including phenoxy) is 3. The molecule has 13 heteroatoms. The van der Waals surface area contributed by atoms with E-state index >= 15 is 0 Å². The Balaban J connectivity index is 1.69. The number of likely N-dealkylation sites (N-methyl/N-ethyl adjacent to an activating group) is 1. The average molecular weight is 458 g/mol. The second kappa shape index (κ2) is 12.7. The van der Waals surface area contributed by atoms with E-state index in [2.05, 4.69) is 15.6 Å². The fourth-order valence-corrected chi connectivity index (χ4v) is 3.70. The first kappa shape index (κ1) is 25.1. The van der Waals surface area contributed by atoms with Gasteiger partial charge in [0.25, 0.3) is 0 Å². The number of aromatic nitrogens is 3. The highest BCUT2D eigenvalue weighted by atomic mass is 32.2. The molecule has 1 aromatic heterocycles. The molecule has 1 saturated heterocycles. The molecule has 1 aliphatic rings. The highest BCUT2D eigenvalue weighted by Crippen LogP contribution is 2.32. The fourth-order valence-electron chi connectivity index (χ4n) is 2.86. The van der Waals surface area contributed by atoms with Crippen molar-refractivity contribution in [1.82, 2.24) is 25.2 Å². The summed E-state index contributed by atoms with van der Waals surface area (Å²) in [7, 11) is 0.868. The SMILES string of the molecule is CNCCOCCOCCOCCn1nnc(CN2CC(S(C)=O)C2)c1C(F)(F)F. The zero-order valence-corrected chi connectivity index (χ0v) is 18.1. The summed E-state index contributed by atoms with van der Waals surface area (Å²) in [6.45, 7) is 3.92. The summed E-state index contributed by atoms with van der Waals surface area (Å²) in [5, 5.41) is 10.3. The van der Waals surface area contributed by atoms with Gasteiger partial charge in [-0.05, 0) is 7.05 Å². The number of nitrogens with one attached hydrogen (secondary N) is 1. The quantitative estimate of drug-likeness (QED) is 0.372. The van der Waals surface area contributed by atoms with Crippen molar-refractivity contribution in [3.8, 4) is 0 Å². The number of nitrogens with zero attached hydrogens (tertiary/aromatic N) is 4. The predicted octanol–water partition coefficient (Wildman–Crippen LogP) is 0.129. The number of alkyl halides is 3. The Bertz CT molecular complexity index is 656. The molecule has 1 aliphatic heterocycles. The first-order chi connectivity index (χ1) is 14.3. The normalized spacial score (nSPS) is 16.7. The molecule has 1 atom stereocenters. The first-order valence-electron chi connectivity index (χ1n) is 9.75. The van der Waals surface area contributed by atoms with Crippen molar-refractivity contribution in [3.63, 3.8) is 0 Å². The molecule has 0 saturated carbocycles. The fraction of sp³-hybridized carbons (Fsp3) is 0.882. The number of hydrogen-bond donors (Lipinski definition) is 1. The molecule has 1 N–H and O–H groups in total. The summed E-state index contributed by atoms with van der Waals surface area (Å²) in [6.07, 6.45) is -2.96. The minimum atomic E-state index is -4.56. The molecule has 0 aromatic carbocycles. The van der Waals surface area contributed by atoms with Crippen LogP contribution >= 0.6 is 0 Å². The highest BCUT2D eigenvalue weighted by molar-refractivity contribution is 7.85. The Kier molecular flexibility index (Phi) is 10.6. The maximum absolute atomic E-state index is 13.5. The van der Waals surface area contributed by atoms with E-state index in [9.17, 15) is 17.4 Å². The van der Waals surface area contributed by atoms with E-state index in [0.29, 0.717) is 39.5 Å². The van der Waals surface area contributed by atoms with Gasteiger partial charge in [-0.2, -0.15) is 13.2 Å². The van der Waals surface area contributed by atoms with Gasteiger partial charge in [-0.25, -0.2) is 4.68 Å². The van der Waals surface area contributed by atoms with Gasteiger partial charge in [0.15, 0.2) is 5.69 Å². The van der Waals surface area contributed by atoms with Gasteiger partial charge in [0, 0.05) is 43.2 Å². The van der Waals surface area contributed by atoms with Crippen LogP contribution in [0.5, 0.6) is 0 Å². The Morgan fingerprint density at radius 3 is 2.27 bits per heavy atom. The van der Waals surface area contributed by atoms with Crippen LogP contribution < -0.4 is 5.32 Å². The summed E-state index contributed by atoms with van der Waals surface area (Å²) in [6, 6.07) is 0. The Morgan fingerprint density at radius 2 is 1.70 bits per heavy atom. The van der Waals surface area contributed by atoms with Gasteiger partial charge in [-0.1, -0.05) is 5.21 Å². The van der Waals surface area contributed by atoms with Crippen LogP contribution in [0.3, 0.4) is 0 Å².